The highest BCUT2D eigenvalue weighted by Gasteiger charge is 2.38. The summed E-state index contributed by atoms with van der Waals surface area (Å²) in [6.45, 7) is 14.3. The molecule has 8 heteroatoms. The molecule has 0 unspecified atom stereocenters. The van der Waals surface area contributed by atoms with Crippen LogP contribution in [-0.2, 0) is 20.7 Å². The molecule has 0 aromatic carbocycles. The van der Waals surface area contributed by atoms with E-state index in [-0.39, 0.29) is 11.2 Å². The van der Waals surface area contributed by atoms with Crippen molar-refractivity contribution in [3.05, 3.63) is 57.0 Å². The van der Waals surface area contributed by atoms with Crippen molar-refractivity contribution < 1.29 is 9.47 Å². The normalized spacial score (nSPS) is 19.7. The van der Waals surface area contributed by atoms with Crippen LogP contribution in [0.4, 0.5) is 0 Å². The summed E-state index contributed by atoms with van der Waals surface area (Å²) in [5, 5.41) is 3.37. The van der Waals surface area contributed by atoms with Crippen molar-refractivity contribution in [1.82, 2.24) is 20.2 Å². The maximum atomic E-state index is 6.14. The average Bonchev–Trinajstić information content (AvgIpc) is 2.86. The van der Waals surface area contributed by atoms with Gasteiger partial charge in [-0.15, -0.1) is 0 Å². The van der Waals surface area contributed by atoms with Crippen molar-refractivity contribution in [1.29, 1.82) is 0 Å². The summed E-state index contributed by atoms with van der Waals surface area (Å²) in [5.41, 5.74) is 2.13. The van der Waals surface area contributed by atoms with Gasteiger partial charge in [-0.3, -0.25) is 0 Å². The maximum absolute atomic E-state index is 6.14. The summed E-state index contributed by atoms with van der Waals surface area (Å²) < 4.78 is 13.9. The lowest BCUT2D eigenvalue weighted by Gasteiger charge is -2.43. The number of ether oxygens (including phenoxy) is 2. The van der Waals surface area contributed by atoms with Crippen LogP contribution >= 0.6 is 31.9 Å². The number of aromatic nitrogens is 2. The van der Waals surface area contributed by atoms with Crippen LogP contribution in [0.25, 0.3) is 0 Å². The first-order chi connectivity index (χ1) is 16.8. The smallest absolute Gasteiger partial charge is 0.106 e. The molecule has 2 aromatic rings. The second-order valence-corrected chi connectivity index (χ2v) is 11.1. The van der Waals surface area contributed by atoms with Gasteiger partial charge in [-0.2, -0.15) is 0 Å². The minimum Gasteiger partial charge on any atom is -0.370 e. The van der Waals surface area contributed by atoms with Crippen molar-refractivity contribution in [3.63, 3.8) is 0 Å². The summed E-state index contributed by atoms with van der Waals surface area (Å²) in [5.74, 6) is 0. The number of nitrogens with zero attached hydrogens (tertiary/aromatic N) is 3. The van der Waals surface area contributed by atoms with E-state index >= 15 is 0 Å². The quantitative estimate of drug-likeness (QED) is 0.385. The molecule has 2 fully saturated rings. The van der Waals surface area contributed by atoms with Crippen LogP contribution in [0.1, 0.15) is 64.5 Å². The number of rotatable bonds is 7. The molecule has 0 spiro atoms. The number of likely N-dealkylation sites (tertiary alicyclic amines) is 1. The molecular weight excluding hydrogens is 572 g/mol. The van der Waals surface area contributed by atoms with E-state index < -0.39 is 0 Å². The van der Waals surface area contributed by atoms with Crippen LogP contribution in [0.15, 0.2) is 45.9 Å². The first kappa shape index (κ1) is 28.7. The molecular formula is C27H40Br2N4O2. The topological polar surface area (TPSA) is 59.5 Å². The molecule has 0 saturated carbocycles. The summed E-state index contributed by atoms with van der Waals surface area (Å²) in [6.07, 6.45) is 7.99. The van der Waals surface area contributed by atoms with E-state index in [9.17, 15) is 0 Å². The molecule has 0 bridgehead atoms. The average molecular weight is 612 g/mol. The Morgan fingerprint density at radius 2 is 1.29 bits per heavy atom. The fraction of sp³-hybridized carbons (Fsp3) is 0.630. The number of nitrogens with one attached hydrogen (secondary N) is 1. The van der Waals surface area contributed by atoms with E-state index in [0.717, 1.165) is 74.3 Å². The van der Waals surface area contributed by atoms with Crippen LogP contribution in [0.3, 0.4) is 0 Å². The van der Waals surface area contributed by atoms with Crippen molar-refractivity contribution in [2.75, 3.05) is 39.4 Å². The Labute approximate surface area is 227 Å². The molecule has 0 atom stereocenters. The zero-order valence-electron chi connectivity index (χ0n) is 21.5. The van der Waals surface area contributed by atoms with Crippen LogP contribution in [0.2, 0.25) is 0 Å². The Morgan fingerprint density at radius 3 is 1.66 bits per heavy atom. The molecule has 4 rings (SSSR count). The molecule has 1 N–H and O–H groups in total. The number of pyridine rings is 2. The fourth-order valence-corrected chi connectivity index (χ4v) is 5.58. The Balaban J connectivity index is 0.000000198. The second kappa shape index (κ2) is 13.6. The lowest BCUT2D eigenvalue weighted by Crippen LogP contribution is -2.46. The lowest BCUT2D eigenvalue weighted by atomic mass is 9.84. The molecule has 0 radical (unpaired) electrons. The molecule has 2 saturated heterocycles. The number of hydrogen-bond acceptors (Lipinski definition) is 6. The van der Waals surface area contributed by atoms with Gasteiger partial charge in [0.15, 0.2) is 0 Å². The highest BCUT2D eigenvalue weighted by molar-refractivity contribution is 9.10. The standard InChI is InChI=1S/C15H23BrN2O.C12H17BrN2O/c1-4-19-15(13-5-6-14(16)17-11-13)7-9-18(10-8-15)12(2)3;1-2-16-12(5-7-14-8-6-12)10-3-4-11(13)15-9-10/h5-6,11-12H,4,7-10H2,1-3H3;3-4,9,14H,2,5-8H2,1H3. The fourth-order valence-electron chi connectivity index (χ4n) is 5.11. The van der Waals surface area contributed by atoms with Crippen molar-refractivity contribution >= 4 is 31.9 Å². The van der Waals surface area contributed by atoms with Gasteiger partial charge < -0.3 is 19.7 Å². The van der Waals surface area contributed by atoms with Gasteiger partial charge in [0.05, 0.1) is 11.2 Å². The summed E-state index contributed by atoms with van der Waals surface area (Å²) in [4.78, 5) is 11.2. The van der Waals surface area contributed by atoms with Gasteiger partial charge in [0.1, 0.15) is 9.21 Å². The molecule has 0 aliphatic carbocycles. The van der Waals surface area contributed by atoms with Crippen molar-refractivity contribution in [2.45, 2.75) is 70.6 Å². The molecule has 0 amide bonds. The molecule has 35 heavy (non-hydrogen) atoms. The third-order valence-electron chi connectivity index (χ3n) is 7.10. The van der Waals surface area contributed by atoms with E-state index in [2.05, 4.69) is 91.9 Å². The van der Waals surface area contributed by atoms with E-state index in [1.54, 1.807) is 0 Å². The minimum absolute atomic E-state index is 0.131. The molecule has 2 aliphatic rings. The van der Waals surface area contributed by atoms with E-state index in [1.807, 2.05) is 24.5 Å². The predicted molar refractivity (Wildman–Crippen MR) is 149 cm³/mol. The minimum atomic E-state index is -0.145. The summed E-state index contributed by atoms with van der Waals surface area (Å²) >= 11 is 6.76. The summed E-state index contributed by atoms with van der Waals surface area (Å²) in [6, 6.07) is 8.85. The number of piperidine rings is 2. The van der Waals surface area contributed by atoms with Gasteiger partial charge in [0.2, 0.25) is 0 Å². The Morgan fingerprint density at radius 1 is 0.829 bits per heavy atom. The first-order valence-electron chi connectivity index (χ1n) is 12.8. The molecule has 4 heterocycles. The van der Waals surface area contributed by atoms with Crippen LogP contribution in [0.5, 0.6) is 0 Å². The molecule has 2 aliphatic heterocycles. The lowest BCUT2D eigenvalue weighted by molar-refractivity contribution is -0.0888. The summed E-state index contributed by atoms with van der Waals surface area (Å²) in [7, 11) is 0. The highest BCUT2D eigenvalue weighted by atomic mass is 79.9. The molecule has 6 nitrogen and oxygen atoms in total. The van der Waals surface area contributed by atoms with E-state index in [1.165, 1.54) is 11.1 Å². The third kappa shape index (κ3) is 7.55. The van der Waals surface area contributed by atoms with Gasteiger partial charge in [-0.25, -0.2) is 9.97 Å². The Kier molecular flexibility index (Phi) is 11.1. The highest BCUT2D eigenvalue weighted by Crippen LogP contribution is 2.37. The Bertz CT molecular complexity index is 874. The first-order valence-corrected chi connectivity index (χ1v) is 14.4. The molecule has 194 valence electrons. The van der Waals surface area contributed by atoms with Gasteiger partial charge in [-0.05, 0) is 110 Å². The van der Waals surface area contributed by atoms with E-state index in [0.29, 0.717) is 6.04 Å². The van der Waals surface area contributed by atoms with Gasteiger partial charge >= 0.3 is 0 Å². The zero-order chi connectivity index (χ0) is 25.3. The number of halogens is 2. The van der Waals surface area contributed by atoms with Crippen LogP contribution in [0, 0.1) is 0 Å². The van der Waals surface area contributed by atoms with Crippen molar-refractivity contribution in [2.24, 2.45) is 0 Å². The zero-order valence-corrected chi connectivity index (χ0v) is 24.7. The Hall–Kier alpha value is -0.900. The second-order valence-electron chi connectivity index (χ2n) is 9.47. The largest absolute Gasteiger partial charge is 0.370 e. The maximum Gasteiger partial charge on any atom is 0.106 e. The predicted octanol–water partition coefficient (Wildman–Crippen LogP) is 6.04. The van der Waals surface area contributed by atoms with Crippen LogP contribution < -0.4 is 5.32 Å². The van der Waals surface area contributed by atoms with Gasteiger partial charge in [0.25, 0.3) is 0 Å². The monoisotopic (exact) mass is 610 g/mol. The SMILES string of the molecule is CCOC1(c2ccc(Br)nc2)CCN(C(C)C)CC1.CCOC1(c2ccc(Br)nc2)CCNCC1. The van der Waals surface area contributed by atoms with Crippen molar-refractivity contribution in [3.8, 4) is 0 Å². The van der Waals surface area contributed by atoms with Crippen LogP contribution in [-0.4, -0.2) is 60.3 Å². The van der Waals surface area contributed by atoms with Gasteiger partial charge in [0, 0.05) is 55.9 Å². The van der Waals surface area contributed by atoms with Gasteiger partial charge in [-0.1, -0.05) is 12.1 Å². The number of hydrogen-bond donors (Lipinski definition) is 1. The third-order valence-corrected chi connectivity index (χ3v) is 8.03. The molecule has 2 aromatic heterocycles. The van der Waals surface area contributed by atoms with E-state index in [4.69, 9.17) is 9.47 Å².